The normalized spacial score (nSPS) is 21.8. The van der Waals surface area contributed by atoms with Crippen molar-refractivity contribution in [1.82, 2.24) is 4.90 Å². The quantitative estimate of drug-likeness (QED) is 0.833. The zero-order chi connectivity index (χ0) is 16.2. The van der Waals surface area contributed by atoms with Gasteiger partial charge in [-0.1, -0.05) is 60.7 Å². The fourth-order valence-corrected chi connectivity index (χ4v) is 2.94. The molecule has 1 aliphatic heterocycles. The zero-order valence-corrected chi connectivity index (χ0v) is 13.1. The molecule has 0 saturated carbocycles. The van der Waals surface area contributed by atoms with Crippen molar-refractivity contribution in [3.63, 3.8) is 0 Å². The number of carbonyl (C=O) groups is 1. The average Bonchev–Trinajstić information content (AvgIpc) is 2.58. The van der Waals surface area contributed by atoms with E-state index in [0.717, 1.165) is 11.1 Å². The lowest BCUT2D eigenvalue weighted by Gasteiger charge is -2.48. The Labute approximate surface area is 136 Å². The van der Waals surface area contributed by atoms with Crippen molar-refractivity contribution in [2.75, 3.05) is 0 Å². The van der Waals surface area contributed by atoms with Crippen molar-refractivity contribution in [1.29, 1.82) is 0 Å². The maximum absolute atomic E-state index is 12.4. The number of rotatable bonds is 6. The molecule has 0 aliphatic carbocycles. The van der Waals surface area contributed by atoms with Crippen molar-refractivity contribution in [3.05, 3.63) is 71.8 Å². The van der Waals surface area contributed by atoms with E-state index >= 15 is 0 Å². The van der Waals surface area contributed by atoms with Crippen LogP contribution in [0.2, 0.25) is 0 Å². The Morgan fingerprint density at radius 1 is 1.04 bits per heavy atom. The summed E-state index contributed by atoms with van der Waals surface area (Å²) in [5.41, 5.74) is 2.07. The third kappa shape index (κ3) is 3.44. The third-order valence-electron chi connectivity index (χ3n) is 4.16. The molecule has 0 unspecified atom stereocenters. The summed E-state index contributed by atoms with van der Waals surface area (Å²) in [6, 6.07) is 19.2. The minimum atomic E-state index is -0.628. The standard InChI is InChI=1S/C19H21NO3/c1-14(21)17-18(23-13-16-10-6-3-7-11-16)19(22)20(17)12-15-8-4-2-5-9-15/h2-11,14,17-18,21H,12-13H2,1H3/t14-,17-,18+/m0/s1. The molecular weight excluding hydrogens is 290 g/mol. The number of likely N-dealkylation sites (tertiary alicyclic amines) is 1. The first kappa shape index (κ1) is 15.7. The van der Waals surface area contributed by atoms with Gasteiger partial charge in [0, 0.05) is 6.54 Å². The molecule has 4 nitrogen and oxygen atoms in total. The van der Waals surface area contributed by atoms with Gasteiger partial charge in [0.2, 0.25) is 0 Å². The molecule has 1 heterocycles. The van der Waals surface area contributed by atoms with Gasteiger partial charge in [-0.3, -0.25) is 4.79 Å². The van der Waals surface area contributed by atoms with E-state index in [0.29, 0.717) is 13.2 Å². The molecular formula is C19H21NO3. The van der Waals surface area contributed by atoms with Crippen molar-refractivity contribution in [2.24, 2.45) is 0 Å². The first-order valence-electron chi connectivity index (χ1n) is 7.85. The monoisotopic (exact) mass is 311 g/mol. The highest BCUT2D eigenvalue weighted by Gasteiger charge is 2.50. The summed E-state index contributed by atoms with van der Waals surface area (Å²) in [6.45, 7) is 2.58. The summed E-state index contributed by atoms with van der Waals surface area (Å²) in [5, 5.41) is 10.0. The summed E-state index contributed by atoms with van der Waals surface area (Å²) in [5.74, 6) is -0.0596. The van der Waals surface area contributed by atoms with Crippen LogP contribution in [0.4, 0.5) is 0 Å². The van der Waals surface area contributed by atoms with E-state index in [2.05, 4.69) is 0 Å². The Morgan fingerprint density at radius 3 is 2.17 bits per heavy atom. The fourth-order valence-electron chi connectivity index (χ4n) is 2.94. The number of nitrogens with zero attached hydrogens (tertiary/aromatic N) is 1. The van der Waals surface area contributed by atoms with Crippen LogP contribution in [0.25, 0.3) is 0 Å². The minimum Gasteiger partial charge on any atom is -0.391 e. The van der Waals surface area contributed by atoms with Crippen LogP contribution < -0.4 is 0 Å². The average molecular weight is 311 g/mol. The van der Waals surface area contributed by atoms with E-state index in [9.17, 15) is 9.90 Å². The zero-order valence-electron chi connectivity index (χ0n) is 13.1. The van der Waals surface area contributed by atoms with Gasteiger partial charge in [-0.25, -0.2) is 0 Å². The third-order valence-corrected chi connectivity index (χ3v) is 4.16. The molecule has 3 rings (SSSR count). The molecule has 4 heteroatoms. The van der Waals surface area contributed by atoms with E-state index in [4.69, 9.17) is 4.74 Å². The number of hydrogen-bond acceptors (Lipinski definition) is 3. The molecule has 0 aromatic heterocycles. The highest BCUT2D eigenvalue weighted by molar-refractivity contribution is 5.88. The van der Waals surface area contributed by atoms with Crippen LogP contribution in [0.15, 0.2) is 60.7 Å². The molecule has 1 saturated heterocycles. The van der Waals surface area contributed by atoms with Crippen molar-refractivity contribution in [2.45, 2.75) is 38.3 Å². The van der Waals surface area contributed by atoms with Crippen molar-refractivity contribution in [3.8, 4) is 0 Å². The van der Waals surface area contributed by atoms with Crippen LogP contribution in [-0.4, -0.2) is 34.2 Å². The predicted octanol–water partition coefficient (Wildman–Crippen LogP) is 2.36. The molecule has 0 spiro atoms. The Morgan fingerprint density at radius 2 is 1.61 bits per heavy atom. The Hall–Kier alpha value is -2.17. The second-order valence-electron chi connectivity index (χ2n) is 5.90. The summed E-state index contributed by atoms with van der Waals surface area (Å²) in [4.78, 5) is 14.1. The molecule has 3 atom stereocenters. The van der Waals surface area contributed by atoms with Gasteiger partial charge in [-0.2, -0.15) is 0 Å². The van der Waals surface area contributed by atoms with E-state index in [-0.39, 0.29) is 11.9 Å². The first-order chi connectivity index (χ1) is 11.2. The van der Waals surface area contributed by atoms with Crippen LogP contribution in [0.5, 0.6) is 0 Å². The lowest BCUT2D eigenvalue weighted by atomic mass is 9.92. The predicted molar refractivity (Wildman–Crippen MR) is 87.5 cm³/mol. The molecule has 1 aliphatic rings. The topological polar surface area (TPSA) is 49.8 Å². The van der Waals surface area contributed by atoms with Gasteiger partial charge in [-0.05, 0) is 18.1 Å². The van der Waals surface area contributed by atoms with Gasteiger partial charge in [0.05, 0.1) is 18.8 Å². The molecule has 0 radical (unpaired) electrons. The molecule has 0 bridgehead atoms. The number of carbonyl (C=O) groups excluding carboxylic acids is 1. The van der Waals surface area contributed by atoms with Crippen molar-refractivity contribution < 1.29 is 14.6 Å². The van der Waals surface area contributed by atoms with Crippen LogP contribution >= 0.6 is 0 Å². The van der Waals surface area contributed by atoms with E-state index in [1.165, 1.54) is 0 Å². The molecule has 1 amide bonds. The van der Waals surface area contributed by atoms with E-state index < -0.39 is 12.2 Å². The second kappa shape index (κ2) is 6.94. The molecule has 1 N–H and O–H groups in total. The maximum atomic E-state index is 12.4. The van der Waals surface area contributed by atoms with Gasteiger partial charge in [0.25, 0.3) is 5.91 Å². The number of aliphatic hydroxyl groups excluding tert-OH is 1. The molecule has 1 fully saturated rings. The number of ether oxygens (including phenoxy) is 1. The summed E-state index contributed by atoms with van der Waals surface area (Å²) in [6.07, 6.45) is -1.20. The van der Waals surface area contributed by atoms with Gasteiger partial charge >= 0.3 is 0 Å². The lowest BCUT2D eigenvalue weighted by molar-refractivity contribution is -0.187. The maximum Gasteiger partial charge on any atom is 0.254 e. The summed E-state index contributed by atoms with van der Waals surface area (Å²) >= 11 is 0. The number of β-lactam (4-membered cyclic amide) rings is 1. The van der Waals surface area contributed by atoms with Gasteiger partial charge in [0.15, 0.2) is 6.10 Å². The van der Waals surface area contributed by atoms with Crippen LogP contribution in [0, 0.1) is 0 Å². The Balaban J connectivity index is 1.64. The van der Waals surface area contributed by atoms with Crippen LogP contribution in [-0.2, 0) is 22.7 Å². The fraction of sp³-hybridized carbons (Fsp3) is 0.316. The molecule has 2 aromatic carbocycles. The minimum absolute atomic E-state index is 0.0596. The Kier molecular flexibility index (Phi) is 4.74. The van der Waals surface area contributed by atoms with Crippen LogP contribution in [0.1, 0.15) is 18.1 Å². The smallest absolute Gasteiger partial charge is 0.254 e. The summed E-state index contributed by atoms with van der Waals surface area (Å²) < 4.78 is 5.77. The van der Waals surface area contributed by atoms with Gasteiger partial charge in [0.1, 0.15) is 0 Å². The molecule has 2 aromatic rings. The number of aliphatic hydroxyl groups is 1. The number of benzene rings is 2. The number of hydrogen-bond donors (Lipinski definition) is 1. The largest absolute Gasteiger partial charge is 0.391 e. The lowest BCUT2D eigenvalue weighted by Crippen LogP contribution is -2.68. The summed E-state index contributed by atoms with van der Waals surface area (Å²) in [7, 11) is 0. The van der Waals surface area contributed by atoms with Crippen molar-refractivity contribution >= 4 is 5.91 Å². The molecule has 120 valence electrons. The van der Waals surface area contributed by atoms with Crippen LogP contribution in [0.3, 0.4) is 0 Å². The molecule has 23 heavy (non-hydrogen) atoms. The SMILES string of the molecule is C[C@H](O)[C@H]1[C@@H](OCc2ccccc2)C(=O)N1Cc1ccccc1. The van der Waals surface area contributed by atoms with Gasteiger partial charge < -0.3 is 14.7 Å². The highest BCUT2D eigenvalue weighted by atomic mass is 16.5. The van der Waals surface area contributed by atoms with Gasteiger partial charge in [-0.15, -0.1) is 0 Å². The highest BCUT2D eigenvalue weighted by Crippen LogP contribution is 2.28. The first-order valence-corrected chi connectivity index (χ1v) is 7.85. The van der Waals surface area contributed by atoms with E-state index in [1.54, 1.807) is 11.8 Å². The second-order valence-corrected chi connectivity index (χ2v) is 5.90. The van der Waals surface area contributed by atoms with E-state index in [1.807, 2.05) is 60.7 Å². The Bertz CT molecular complexity index is 642. The number of amides is 1.